The molecule has 5 rings (SSSR count). The van der Waals surface area contributed by atoms with Crippen molar-refractivity contribution >= 4 is 47.3 Å². The second kappa shape index (κ2) is 31.0. The molecule has 0 spiro atoms. The molecule has 80 heavy (non-hydrogen) atoms. The van der Waals surface area contributed by atoms with Gasteiger partial charge in [-0.1, -0.05) is 89.5 Å². The van der Waals surface area contributed by atoms with Gasteiger partial charge < -0.3 is 52.6 Å². The van der Waals surface area contributed by atoms with Crippen molar-refractivity contribution in [2.75, 3.05) is 41.1 Å². The molecular weight excluding hydrogens is 1030 g/mol. The summed E-state index contributed by atoms with van der Waals surface area (Å²) in [6, 6.07) is -1.23. The van der Waals surface area contributed by atoms with Crippen molar-refractivity contribution in [1.82, 2.24) is 4.90 Å². The normalized spacial score (nSPS) is 36.5. The lowest BCUT2D eigenvalue weighted by Gasteiger charge is -2.50. The Hall–Kier alpha value is -5.60. The average Bonchev–Trinajstić information content (AvgIpc) is 3.51. The van der Waals surface area contributed by atoms with Crippen LogP contribution in [0.5, 0.6) is 0 Å². The molecule has 1 N–H and O–H groups in total. The number of fused-ring (bicyclic) bond motifs is 4. The number of nitrogens with zero attached hydrogens (tertiary/aromatic N) is 1. The van der Waals surface area contributed by atoms with Crippen molar-refractivity contribution in [3.05, 3.63) is 72.9 Å². The molecule has 3 saturated heterocycles. The average molecular weight is 1120 g/mol. The summed E-state index contributed by atoms with van der Waals surface area (Å²) in [5.74, 6) is -11.3. The van der Waals surface area contributed by atoms with Gasteiger partial charge in [0.2, 0.25) is 5.79 Å². The van der Waals surface area contributed by atoms with E-state index < -0.39 is 120 Å². The Morgan fingerprint density at radius 3 is 2.19 bits per heavy atom. The quantitative estimate of drug-likeness (QED) is 0.0754. The van der Waals surface area contributed by atoms with Gasteiger partial charge in [0, 0.05) is 64.4 Å². The van der Waals surface area contributed by atoms with Crippen molar-refractivity contribution in [1.29, 1.82) is 0 Å². The number of aliphatic hydroxyl groups is 1. The highest BCUT2D eigenvalue weighted by Gasteiger charge is 2.57. The summed E-state index contributed by atoms with van der Waals surface area (Å²) in [4.78, 5) is 112. The molecule has 0 aromatic rings. The highest BCUT2D eigenvalue weighted by molar-refractivity contribution is 6.39. The molecule has 4 heterocycles. The lowest BCUT2D eigenvalue weighted by molar-refractivity contribution is -0.266. The Kier molecular flexibility index (Phi) is 25.3. The predicted molar refractivity (Wildman–Crippen MR) is 293 cm³/mol. The van der Waals surface area contributed by atoms with Gasteiger partial charge in [0.25, 0.3) is 11.7 Å². The summed E-state index contributed by atoms with van der Waals surface area (Å²) >= 11 is 0. The first kappa shape index (κ1) is 65.2. The number of allylic oxidation sites excluding steroid dienone is 6. The van der Waals surface area contributed by atoms with E-state index in [9.17, 15) is 43.5 Å². The number of ether oxygens (including phenoxy) is 9. The third kappa shape index (κ3) is 17.2. The van der Waals surface area contributed by atoms with Crippen LogP contribution in [-0.4, -0.2) is 153 Å². The fourth-order valence-electron chi connectivity index (χ4n) is 12.1. The molecule has 444 valence electrons. The van der Waals surface area contributed by atoms with Crippen LogP contribution < -0.4 is 0 Å². The van der Waals surface area contributed by atoms with Crippen LogP contribution in [0.1, 0.15) is 125 Å². The minimum Gasteiger partial charge on any atom is -0.461 e. The molecular formula is C61H87NO18. The van der Waals surface area contributed by atoms with Crippen molar-refractivity contribution in [2.45, 2.75) is 180 Å². The first-order valence-electron chi connectivity index (χ1n) is 28.3. The Morgan fingerprint density at radius 2 is 1.50 bits per heavy atom. The molecule has 4 fully saturated rings. The Labute approximate surface area is 471 Å². The maximum absolute atomic E-state index is 14.7. The molecule has 0 aromatic carbocycles. The van der Waals surface area contributed by atoms with Crippen LogP contribution in [0.15, 0.2) is 72.9 Å². The van der Waals surface area contributed by atoms with E-state index in [2.05, 4.69) is 13.2 Å². The highest BCUT2D eigenvalue weighted by atomic mass is 16.7. The number of esters is 3. The third-order valence-corrected chi connectivity index (χ3v) is 16.6. The standard InChI is InChI=1S/C61H87NO18/c1-12-28-75-51(64)25-26-52(65)79-55-40(7)31-38(5)46(63)35-49-45(32-42-22-24-47(50(33-42)73-10)78-60(70)76-29-13-2)44-20-17-27-62(53(44)59(69)77-49)58(68)57(67)61(71)41(8)21-23-43(80-61)34-48(72-9)37(4)19-16-14-15-18-36(3)30-39(6)54(66)56(55)74-11/h12-16,18-19,31,36,38-39,41-45,47-50,53,55-56,71H,1-2,17,20-30,32-35H2,3-11H3/b16-14+,18-15+,37-19+,40-31+/t36-,38-,39-,41-,42+,43+,44?,45+,47-,48+,49+,50-,53+,55-,56+,61-/m1/s1. The van der Waals surface area contributed by atoms with Gasteiger partial charge in [0.1, 0.15) is 37.2 Å². The second-order valence-corrected chi connectivity index (χ2v) is 22.4. The number of amides is 1. The molecule has 4 bridgehead atoms. The van der Waals surface area contributed by atoms with Crippen molar-refractivity contribution in [3.63, 3.8) is 0 Å². The molecule has 0 radical (unpaired) electrons. The van der Waals surface area contributed by atoms with Crippen LogP contribution >= 0.6 is 0 Å². The number of piperidine rings is 1. The topological polar surface area (TPSA) is 243 Å². The maximum Gasteiger partial charge on any atom is 0.508 e. The fourth-order valence-corrected chi connectivity index (χ4v) is 12.1. The van der Waals surface area contributed by atoms with Gasteiger partial charge in [-0.05, 0) is 101 Å². The second-order valence-electron chi connectivity index (χ2n) is 22.4. The van der Waals surface area contributed by atoms with Gasteiger partial charge in [0.05, 0.1) is 31.2 Å². The van der Waals surface area contributed by atoms with E-state index in [4.69, 9.17) is 42.6 Å². The van der Waals surface area contributed by atoms with E-state index in [1.165, 1.54) is 31.3 Å². The lowest BCUT2D eigenvalue weighted by atomic mass is 9.68. The Morgan fingerprint density at radius 1 is 0.787 bits per heavy atom. The van der Waals surface area contributed by atoms with Gasteiger partial charge in [-0.25, -0.2) is 9.59 Å². The minimum absolute atomic E-state index is 0.0224. The smallest absolute Gasteiger partial charge is 0.461 e. The molecule has 4 aliphatic heterocycles. The van der Waals surface area contributed by atoms with Crippen molar-refractivity contribution in [2.24, 2.45) is 41.4 Å². The zero-order valence-corrected chi connectivity index (χ0v) is 48.3. The third-order valence-electron chi connectivity index (χ3n) is 16.6. The fraction of sp³-hybridized carbons (Fsp3) is 0.672. The van der Waals surface area contributed by atoms with Gasteiger partial charge in [-0.3, -0.25) is 28.8 Å². The monoisotopic (exact) mass is 1120 g/mol. The van der Waals surface area contributed by atoms with E-state index in [-0.39, 0.29) is 68.8 Å². The summed E-state index contributed by atoms with van der Waals surface area (Å²) in [5.41, 5.74) is 1.16. The van der Waals surface area contributed by atoms with Crippen molar-refractivity contribution in [3.8, 4) is 0 Å². The first-order chi connectivity index (χ1) is 38.1. The SMILES string of the molecule is C=CCOC(=O)CCC(=O)O[C@@H]1/C(C)=C/[C@@H](C)C(=O)C[C@@H]2OC(=O)[C@@H]3C(CCCN3C(=O)C(=O)[C@]3(O)O[C@@H](CC[C@H]3C)C[C@H](OC)/C(C)=C/C=C/C=C/[C@@H](C)C[C@@H](C)C(=O)[C@@H]1OC)[C@@H]2C[C@@H]1CC[C@@H](OC(=O)OCC=C)[C@H](OC)C1. The molecule has 16 atom stereocenters. The van der Waals surface area contributed by atoms with Crippen LogP contribution in [-0.2, 0) is 76.2 Å². The van der Waals surface area contributed by atoms with Crippen molar-refractivity contribution < 1.29 is 86.1 Å². The largest absolute Gasteiger partial charge is 0.508 e. The number of methoxy groups -OCH3 is 3. The van der Waals surface area contributed by atoms with Gasteiger partial charge in [0.15, 0.2) is 18.0 Å². The lowest BCUT2D eigenvalue weighted by Crippen LogP contribution is -2.65. The zero-order valence-electron chi connectivity index (χ0n) is 48.3. The number of hydrogen-bond acceptors (Lipinski definition) is 18. The number of carbonyl (C=O) groups is 8. The zero-order chi connectivity index (χ0) is 58.8. The summed E-state index contributed by atoms with van der Waals surface area (Å²) < 4.78 is 51.8. The van der Waals surface area contributed by atoms with E-state index in [0.717, 1.165) is 5.57 Å². The van der Waals surface area contributed by atoms with Crippen LogP contribution in [0.4, 0.5) is 4.79 Å². The molecule has 0 aromatic heterocycles. The molecule has 19 nitrogen and oxygen atoms in total. The van der Waals surface area contributed by atoms with E-state index in [0.29, 0.717) is 63.4 Å². The summed E-state index contributed by atoms with van der Waals surface area (Å²) in [6.07, 6.45) is 10.3. The van der Waals surface area contributed by atoms with Crippen LogP contribution in [0, 0.1) is 41.4 Å². The van der Waals surface area contributed by atoms with Gasteiger partial charge in [-0.15, -0.1) is 0 Å². The number of carbonyl (C=O) groups excluding carboxylic acids is 8. The van der Waals surface area contributed by atoms with Crippen LogP contribution in [0.2, 0.25) is 0 Å². The number of rotatable bonds is 14. The van der Waals surface area contributed by atoms with Crippen LogP contribution in [0.25, 0.3) is 0 Å². The molecule has 1 aliphatic carbocycles. The van der Waals surface area contributed by atoms with E-state index in [1.807, 2.05) is 44.2 Å². The summed E-state index contributed by atoms with van der Waals surface area (Å²) in [5, 5.41) is 12.2. The maximum atomic E-state index is 14.7. The molecule has 19 heteroatoms. The predicted octanol–water partition coefficient (Wildman–Crippen LogP) is 7.81. The Balaban J connectivity index is 1.55. The molecule has 5 aliphatic rings. The van der Waals surface area contributed by atoms with Gasteiger partial charge >= 0.3 is 24.1 Å². The number of hydrogen-bond donors (Lipinski definition) is 1. The number of ketones is 3. The molecule has 1 saturated carbocycles. The molecule has 1 amide bonds. The van der Waals surface area contributed by atoms with Crippen LogP contribution in [0.3, 0.4) is 0 Å². The minimum atomic E-state index is -2.50. The highest BCUT2D eigenvalue weighted by Crippen LogP contribution is 2.46. The Bertz CT molecular complexity index is 2340. The first-order valence-corrected chi connectivity index (χ1v) is 28.3. The summed E-state index contributed by atoms with van der Waals surface area (Å²) in [6.45, 7) is 17.6. The van der Waals surface area contributed by atoms with Gasteiger partial charge in [-0.2, -0.15) is 0 Å². The molecule has 1 unspecified atom stereocenters. The number of Topliss-reactive ketones (excluding diaryl/α,β-unsaturated/α-hetero) is 3. The van der Waals surface area contributed by atoms with E-state index >= 15 is 0 Å². The van der Waals surface area contributed by atoms with E-state index in [1.54, 1.807) is 40.9 Å². The summed E-state index contributed by atoms with van der Waals surface area (Å²) in [7, 11) is 4.41.